The quantitative estimate of drug-likeness (QED) is 0.471. The number of nitrogens with one attached hydrogen (secondary N) is 2. The Morgan fingerprint density at radius 2 is 1.94 bits per heavy atom. The second kappa shape index (κ2) is 7.75. The van der Waals surface area contributed by atoms with Crippen LogP contribution in [0.2, 0.25) is 0 Å². The topological polar surface area (TPSA) is 94.1 Å². The van der Waals surface area contributed by atoms with Crippen LogP contribution in [-0.2, 0) is 0 Å². The van der Waals surface area contributed by atoms with E-state index in [0.29, 0.717) is 30.0 Å². The standard InChI is InChI=1S/C24H23N5O2/c1-15-22-20(13-21(26-23(22)28-27-15)16-7-9-19(30)10-8-16)24(31)29-12-11-18(14-29)25-17-5-3-2-4-6-17/h2-10,13,18,25,30H,11-12,14H2,1H3,(H,26,27,28). The van der Waals surface area contributed by atoms with E-state index in [2.05, 4.69) is 20.5 Å². The van der Waals surface area contributed by atoms with E-state index in [9.17, 15) is 9.90 Å². The first kappa shape index (κ1) is 19.1. The fourth-order valence-electron chi connectivity index (χ4n) is 4.13. The summed E-state index contributed by atoms with van der Waals surface area (Å²) in [7, 11) is 0. The van der Waals surface area contributed by atoms with E-state index in [1.807, 2.05) is 48.2 Å². The lowest BCUT2D eigenvalue weighted by atomic mass is 10.0. The number of aryl methyl sites for hydroxylation is 1. The predicted molar refractivity (Wildman–Crippen MR) is 120 cm³/mol. The molecular formula is C24H23N5O2. The lowest BCUT2D eigenvalue weighted by Gasteiger charge is -2.19. The molecule has 0 saturated carbocycles. The van der Waals surface area contributed by atoms with Crippen molar-refractivity contribution in [3.8, 4) is 17.0 Å². The Morgan fingerprint density at radius 3 is 2.71 bits per heavy atom. The van der Waals surface area contributed by atoms with Crippen LogP contribution in [0.5, 0.6) is 5.75 Å². The number of hydrogen-bond acceptors (Lipinski definition) is 5. The third-order valence-corrected chi connectivity index (χ3v) is 5.72. The normalized spacial score (nSPS) is 16.0. The minimum atomic E-state index is -0.0192. The highest BCUT2D eigenvalue weighted by molar-refractivity contribution is 6.07. The van der Waals surface area contributed by atoms with Gasteiger partial charge in [-0.2, -0.15) is 5.10 Å². The summed E-state index contributed by atoms with van der Waals surface area (Å²) in [6.07, 6.45) is 0.893. The van der Waals surface area contributed by atoms with Gasteiger partial charge in [-0.3, -0.25) is 9.89 Å². The molecule has 1 amide bonds. The monoisotopic (exact) mass is 413 g/mol. The minimum Gasteiger partial charge on any atom is -0.508 e. The van der Waals surface area contributed by atoms with Gasteiger partial charge in [0.25, 0.3) is 5.91 Å². The number of nitrogens with zero attached hydrogens (tertiary/aromatic N) is 3. The number of rotatable bonds is 4. The van der Waals surface area contributed by atoms with E-state index in [4.69, 9.17) is 0 Å². The third-order valence-electron chi connectivity index (χ3n) is 5.72. The van der Waals surface area contributed by atoms with Gasteiger partial charge < -0.3 is 15.3 Å². The van der Waals surface area contributed by atoms with E-state index < -0.39 is 0 Å². The van der Waals surface area contributed by atoms with Crippen LogP contribution in [0, 0.1) is 6.92 Å². The summed E-state index contributed by atoms with van der Waals surface area (Å²) >= 11 is 0. The average Bonchev–Trinajstić information content (AvgIpc) is 3.41. The molecular weight excluding hydrogens is 390 g/mol. The van der Waals surface area contributed by atoms with Gasteiger partial charge in [-0.15, -0.1) is 0 Å². The first-order valence-corrected chi connectivity index (χ1v) is 10.3. The Balaban J connectivity index is 1.45. The van der Waals surface area contributed by atoms with Gasteiger partial charge in [0, 0.05) is 36.1 Å². The molecule has 1 saturated heterocycles. The van der Waals surface area contributed by atoms with Gasteiger partial charge in [0.05, 0.1) is 16.6 Å². The Labute approximate surface area is 179 Å². The van der Waals surface area contributed by atoms with Gasteiger partial charge in [0.2, 0.25) is 0 Å². The molecule has 7 heteroatoms. The molecule has 5 rings (SSSR count). The number of aromatic amines is 1. The first-order chi connectivity index (χ1) is 15.1. The molecule has 156 valence electrons. The Kier molecular flexibility index (Phi) is 4.78. The van der Waals surface area contributed by atoms with Crippen LogP contribution in [0.4, 0.5) is 5.69 Å². The van der Waals surface area contributed by atoms with E-state index in [1.165, 1.54) is 0 Å². The van der Waals surface area contributed by atoms with Crippen molar-refractivity contribution >= 4 is 22.6 Å². The summed E-state index contributed by atoms with van der Waals surface area (Å²) in [6, 6.07) is 18.9. The van der Waals surface area contributed by atoms with Crippen LogP contribution in [0.3, 0.4) is 0 Å². The lowest BCUT2D eigenvalue weighted by Crippen LogP contribution is -2.31. The van der Waals surface area contributed by atoms with E-state index >= 15 is 0 Å². The number of likely N-dealkylation sites (tertiary alicyclic amines) is 1. The van der Waals surface area contributed by atoms with Crippen molar-refractivity contribution in [1.82, 2.24) is 20.1 Å². The van der Waals surface area contributed by atoms with E-state index in [1.54, 1.807) is 24.3 Å². The number of carbonyl (C=O) groups is 1. The number of H-pyrrole nitrogens is 1. The fraction of sp³-hybridized carbons (Fsp3) is 0.208. The molecule has 0 radical (unpaired) electrons. The number of anilines is 1. The predicted octanol–water partition coefficient (Wildman–Crippen LogP) is 3.97. The second-order valence-corrected chi connectivity index (χ2v) is 7.90. The zero-order chi connectivity index (χ0) is 21.4. The van der Waals surface area contributed by atoms with Gasteiger partial charge >= 0.3 is 0 Å². The van der Waals surface area contributed by atoms with Gasteiger partial charge in [0.15, 0.2) is 5.65 Å². The highest BCUT2D eigenvalue weighted by atomic mass is 16.3. The third kappa shape index (κ3) is 3.70. The van der Waals surface area contributed by atoms with Crippen molar-refractivity contribution in [2.75, 3.05) is 18.4 Å². The smallest absolute Gasteiger partial charge is 0.254 e. The maximum absolute atomic E-state index is 13.5. The Hall–Kier alpha value is -3.87. The molecule has 2 aromatic carbocycles. The highest BCUT2D eigenvalue weighted by Gasteiger charge is 2.29. The summed E-state index contributed by atoms with van der Waals surface area (Å²) < 4.78 is 0. The van der Waals surface area contributed by atoms with Crippen molar-refractivity contribution in [3.05, 3.63) is 71.9 Å². The van der Waals surface area contributed by atoms with Crippen molar-refractivity contribution < 1.29 is 9.90 Å². The van der Waals surface area contributed by atoms with Crippen molar-refractivity contribution in [1.29, 1.82) is 0 Å². The van der Waals surface area contributed by atoms with Gasteiger partial charge in [0.1, 0.15) is 5.75 Å². The number of aromatic hydroxyl groups is 1. The first-order valence-electron chi connectivity index (χ1n) is 10.3. The number of para-hydroxylation sites is 1. The van der Waals surface area contributed by atoms with Crippen molar-refractivity contribution in [3.63, 3.8) is 0 Å². The Morgan fingerprint density at radius 1 is 1.16 bits per heavy atom. The van der Waals surface area contributed by atoms with Crippen LogP contribution in [0.1, 0.15) is 22.5 Å². The number of phenols is 1. The zero-order valence-corrected chi connectivity index (χ0v) is 17.2. The van der Waals surface area contributed by atoms with Gasteiger partial charge in [-0.25, -0.2) is 4.98 Å². The molecule has 3 N–H and O–H groups in total. The molecule has 0 aliphatic carbocycles. The number of amides is 1. The average molecular weight is 413 g/mol. The number of pyridine rings is 1. The molecule has 4 aromatic rings. The maximum Gasteiger partial charge on any atom is 0.254 e. The molecule has 3 heterocycles. The van der Waals surface area contributed by atoms with E-state index in [-0.39, 0.29) is 17.7 Å². The molecule has 1 fully saturated rings. The molecule has 31 heavy (non-hydrogen) atoms. The second-order valence-electron chi connectivity index (χ2n) is 7.90. The molecule has 0 bridgehead atoms. The van der Waals surface area contributed by atoms with Gasteiger partial charge in [-0.1, -0.05) is 18.2 Å². The molecule has 7 nitrogen and oxygen atoms in total. The maximum atomic E-state index is 13.5. The van der Waals surface area contributed by atoms with Gasteiger partial charge in [-0.05, 0) is 55.8 Å². The van der Waals surface area contributed by atoms with Crippen molar-refractivity contribution in [2.45, 2.75) is 19.4 Å². The SMILES string of the molecule is Cc1[nH]nc2nc(-c3ccc(O)cc3)cc(C(=O)N3CCC(Nc4ccccc4)C3)c12. The summed E-state index contributed by atoms with van der Waals surface area (Å²) in [6.45, 7) is 3.24. The number of aromatic nitrogens is 3. The molecule has 2 aromatic heterocycles. The summed E-state index contributed by atoms with van der Waals surface area (Å²) in [5.41, 5.74) is 4.47. The Bertz CT molecular complexity index is 1230. The number of carbonyl (C=O) groups excluding carboxylic acids is 1. The van der Waals surface area contributed by atoms with E-state index in [0.717, 1.165) is 28.8 Å². The van der Waals surface area contributed by atoms with Crippen molar-refractivity contribution in [2.24, 2.45) is 0 Å². The molecule has 1 aliphatic heterocycles. The lowest BCUT2D eigenvalue weighted by molar-refractivity contribution is 0.0793. The van der Waals surface area contributed by atoms with Crippen LogP contribution in [0.25, 0.3) is 22.3 Å². The van der Waals surface area contributed by atoms with Crippen LogP contribution < -0.4 is 5.32 Å². The van der Waals surface area contributed by atoms with Crippen LogP contribution in [0.15, 0.2) is 60.7 Å². The summed E-state index contributed by atoms with van der Waals surface area (Å²) in [5, 5.41) is 21.1. The minimum absolute atomic E-state index is 0.0192. The molecule has 1 aliphatic rings. The number of fused-ring (bicyclic) bond motifs is 1. The number of benzene rings is 2. The zero-order valence-electron chi connectivity index (χ0n) is 17.2. The fourth-order valence-corrected chi connectivity index (χ4v) is 4.13. The summed E-state index contributed by atoms with van der Waals surface area (Å²) in [4.78, 5) is 20.1. The molecule has 1 atom stereocenters. The van der Waals surface area contributed by atoms with Crippen LogP contribution in [-0.4, -0.2) is 50.2 Å². The number of hydrogen-bond donors (Lipinski definition) is 3. The highest BCUT2D eigenvalue weighted by Crippen LogP contribution is 2.29. The number of phenolic OH excluding ortho intramolecular Hbond substituents is 1. The summed E-state index contributed by atoms with van der Waals surface area (Å²) in [5.74, 6) is 0.167. The largest absolute Gasteiger partial charge is 0.508 e. The van der Waals surface area contributed by atoms with Crippen LogP contribution >= 0.6 is 0 Å². The molecule has 0 spiro atoms. The molecule has 1 unspecified atom stereocenters.